The number of hydrogen-bond acceptors (Lipinski definition) is 2. The van der Waals surface area contributed by atoms with E-state index in [2.05, 4.69) is 13.0 Å². The van der Waals surface area contributed by atoms with E-state index in [0.717, 1.165) is 24.0 Å². The van der Waals surface area contributed by atoms with Crippen LogP contribution in [0.2, 0.25) is 0 Å². The summed E-state index contributed by atoms with van der Waals surface area (Å²) in [5.74, 6) is 0.236. The minimum absolute atomic E-state index is 0.236. The number of carbonyl (C=O) groups is 1. The average Bonchev–Trinajstić information content (AvgIpc) is 2.47. The van der Waals surface area contributed by atoms with Crippen molar-refractivity contribution in [3.05, 3.63) is 35.4 Å². The van der Waals surface area contributed by atoms with E-state index < -0.39 is 0 Å². The van der Waals surface area contributed by atoms with E-state index in [4.69, 9.17) is 5.73 Å². The third-order valence-corrected chi connectivity index (χ3v) is 3.57. The van der Waals surface area contributed by atoms with Gasteiger partial charge in [0.05, 0.1) is 0 Å². The van der Waals surface area contributed by atoms with Crippen LogP contribution in [0.25, 0.3) is 0 Å². The number of nitrogens with two attached hydrogens (primary N) is 1. The first-order valence-corrected chi connectivity index (χ1v) is 7.69. The minimum Gasteiger partial charge on any atom is -0.341 e. The number of carbonyl (C=O) groups excluding carboxylic acids is 1. The standard InChI is InChI=1S/C17H28N2O/c1-3-4-5-6-7-11-17(20)19(2)14-16-10-8-9-15(12-16)13-18/h8-10,12H,3-7,11,13-14,18H2,1-2H3. The van der Waals surface area contributed by atoms with Crippen LogP contribution in [0.15, 0.2) is 24.3 Å². The normalized spacial score (nSPS) is 10.6. The van der Waals surface area contributed by atoms with Gasteiger partial charge in [-0.3, -0.25) is 4.79 Å². The van der Waals surface area contributed by atoms with Crippen molar-refractivity contribution in [1.29, 1.82) is 0 Å². The molecule has 3 nitrogen and oxygen atoms in total. The molecular weight excluding hydrogens is 248 g/mol. The van der Waals surface area contributed by atoms with Gasteiger partial charge in [-0.25, -0.2) is 0 Å². The summed E-state index contributed by atoms with van der Waals surface area (Å²) < 4.78 is 0. The van der Waals surface area contributed by atoms with Gasteiger partial charge in [-0.2, -0.15) is 0 Å². The van der Waals surface area contributed by atoms with Gasteiger partial charge in [0.2, 0.25) is 5.91 Å². The van der Waals surface area contributed by atoms with Gasteiger partial charge in [0.15, 0.2) is 0 Å². The minimum atomic E-state index is 0.236. The highest BCUT2D eigenvalue weighted by atomic mass is 16.2. The predicted molar refractivity (Wildman–Crippen MR) is 84.2 cm³/mol. The molecule has 0 aromatic heterocycles. The number of nitrogens with zero attached hydrogens (tertiary/aromatic N) is 1. The highest BCUT2D eigenvalue weighted by Gasteiger charge is 2.09. The van der Waals surface area contributed by atoms with Crippen molar-refractivity contribution in [2.45, 2.75) is 58.5 Å². The van der Waals surface area contributed by atoms with Crippen molar-refractivity contribution < 1.29 is 4.79 Å². The van der Waals surface area contributed by atoms with Crippen molar-refractivity contribution in [3.63, 3.8) is 0 Å². The smallest absolute Gasteiger partial charge is 0.222 e. The molecule has 0 radical (unpaired) electrons. The van der Waals surface area contributed by atoms with Crippen molar-refractivity contribution in [3.8, 4) is 0 Å². The van der Waals surface area contributed by atoms with Crippen LogP contribution in [-0.2, 0) is 17.9 Å². The first-order chi connectivity index (χ1) is 9.67. The highest BCUT2D eigenvalue weighted by molar-refractivity contribution is 5.75. The summed E-state index contributed by atoms with van der Waals surface area (Å²) in [4.78, 5) is 13.9. The zero-order valence-electron chi connectivity index (χ0n) is 12.9. The van der Waals surface area contributed by atoms with Crippen LogP contribution in [0.3, 0.4) is 0 Å². The Morgan fingerprint density at radius 2 is 1.85 bits per heavy atom. The van der Waals surface area contributed by atoms with Crippen LogP contribution in [0.1, 0.15) is 56.6 Å². The molecule has 0 fully saturated rings. The van der Waals surface area contributed by atoms with Gasteiger partial charge in [0.1, 0.15) is 0 Å². The number of rotatable bonds is 9. The molecule has 1 aromatic carbocycles. The lowest BCUT2D eigenvalue weighted by molar-refractivity contribution is -0.130. The molecule has 0 unspecified atom stereocenters. The second kappa shape index (κ2) is 9.54. The summed E-state index contributed by atoms with van der Waals surface area (Å²) in [7, 11) is 1.88. The fourth-order valence-corrected chi connectivity index (χ4v) is 2.29. The molecule has 1 aromatic rings. The van der Waals surface area contributed by atoms with E-state index in [9.17, 15) is 4.79 Å². The van der Waals surface area contributed by atoms with Crippen molar-refractivity contribution in [2.24, 2.45) is 5.73 Å². The van der Waals surface area contributed by atoms with Gasteiger partial charge < -0.3 is 10.6 Å². The highest BCUT2D eigenvalue weighted by Crippen LogP contribution is 2.10. The molecule has 0 aliphatic heterocycles. The molecule has 1 amide bonds. The lowest BCUT2D eigenvalue weighted by Gasteiger charge is -2.17. The maximum atomic E-state index is 12.0. The Morgan fingerprint density at radius 3 is 2.55 bits per heavy atom. The van der Waals surface area contributed by atoms with E-state index in [0.29, 0.717) is 19.5 Å². The summed E-state index contributed by atoms with van der Waals surface area (Å²) in [6.07, 6.45) is 6.59. The Balaban J connectivity index is 2.33. The van der Waals surface area contributed by atoms with Crippen LogP contribution in [-0.4, -0.2) is 17.9 Å². The Hall–Kier alpha value is -1.35. The second-order valence-electron chi connectivity index (χ2n) is 5.44. The Kier molecular flexibility index (Phi) is 7.97. The quantitative estimate of drug-likeness (QED) is 0.702. The summed E-state index contributed by atoms with van der Waals surface area (Å²) >= 11 is 0. The molecule has 0 bridgehead atoms. The molecule has 0 saturated heterocycles. The third-order valence-electron chi connectivity index (χ3n) is 3.57. The van der Waals surface area contributed by atoms with Crippen LogP contribution in [0.5, 0.6) is 0 Å². The van der Waals surface area contributed by atoms with Crippen molar-refractivity contribution >= 4 is 5.91 Å². The number of benzene rings is 1. The van der Waals surface area contributed by atoms with Crippen molar-refractivity contribution in [2.75, 3.05) is 7.05 Å². The van der Waals surface area contributed by atoms with E-state index >= 15 is 0 Å². The lowest BCUT2D eigenvalue weighted by Crippen LogP contribution is -2.25. The Bertz CT molecular complexity index is 404. The lowest BCUT2D eigenvalue weighted by atomic mass is 10.1. The largest absolute Gasteiger partial charge is 0.341 e. The fraction of sp³-hybridized carbons (Fsp3) is 0.588. The molecular formula is C17H28N2O. The van der Waals surface area contributed by atoms with Gasteiger partial charge in [0, 0.05) is 26.6 Å². The maximum absolute atomic E-state index is 12.0. The van der Waals surface area contributed by atoms with Crippen LogP contribution in [0, 0.1) is 0 Å². The maximum Gasteiger partial charge on any atom is 0.222 e. The molecule has 20 heavy (non-hydrogen) atoms. The van der Waals surface area contributed by atoms with E-state index in [1.54, 1.807) is 0 Å². The summed E-state index contributed by atoms with van der Waals surface area (Å²) in [5, 5.41) is 0. The van der Waals surface area contributed by atoms with Gasteiger partial charge in [0.25, 0.3) is 0 Å². The zero-order chi connectivity index (χ0) is 14.8. The number of unbranched alkanes of at least 4 members (excludes halogenated alkanes) is 4. The number of amides is 1. The summed E-state index contributed by atoms with van der Waals surface area (Å²) in [6.45, 7) is 3.42. The third kappa shape index (κ3) is 6.20. The molecule has 1 rings (SSSR count). The SMILES string of the molecule is CCCCCCCC(=O)N(C)Cc1cccc(CN)c1. The molecule has 2 N–H and O–H groups in total. The molecule has 0 spiro atoms. The molecule has 0 saturated carbocycles. The van der Waals surface area contributed by atoms with E-state index in [1.807, 2.05) is 30.1 Å². The first-order valence-electron chi connectivity index (χ1n) is 7.69. The molecule has 0 atom stereocenters. The molecule has 0 heterocycles. The van der Waals surface area contributed by atoms with Gasteiger partial charge in [-0.1, -0.05) is 56.9 Å². The second-order valence-corrected chi connectivity index (χ2v) is 5.44. The summed E-state index contributed by atoms with van der Waals surface area (Å²) in [6, 6.07) is 8.13. The predicted octanol–water partition coefficient (Wildman–Crippen LogP) is 3.46. The van der Waals surface area contributed by atoms with Crippen molar-refractivity contribution in [1.82, 2.24) is 4.90 Å². The van der Waals surface area contributed by atoms with E-state index in [-0.39, 0.29) is 5.91 Å². The zero-order valence-corrected chi connectivity index (χ0v) is 12.9. The van der Waals surface area contributed by atoms with Gasteiger partial charge >= 0.3 is 0 Å². The molecule has 112 valence electrons. The number of hydrogen-bond donors (Lipinski definition) is 1. The average molecular weight is 276 g/mol. The van der Waals surface area contributed by atoms with E-state index in [1.165, 1.54) is 19.3 Å². The molecule has 0 aliphatic carbocycles. The first kappa shape index (κ1) is 16.7. The van der Waals surface area contributed by atoms with Gasteiger partial charge in [-0.15, -0.1) is 0 Å². The Morgan fingerprint density at radius 1 is 1.15 bits per heavy atom. The van der Waals surface area contributed by atoms with Gasteiger partial charge in [-0.05, 0) is 17.5 Å². The monoisotopic (exact) mass is 276 g/mol. The van der Waals surface area contributed by atoms with Crippen LogP contribution < -0.4 is 5.73 Å². The van der Waals surface area contributed by atoms with Crippen LogP contribution >= 0.6 is 0 Å². The van der Waals surface area contributed by atoms with Crippen LogP contribution in [0.4, 0.5) is 0 Å². The topological polar surface area (TPSA) is 46.3 Å². The Labute approximate surface area is 123 Å². The summed E-state index contributed by atoms with van der Waals surface area (Å²) in [5.41, 5.74) is 7.90. The fourth-order valence-electron chi connectivity index (χ4n) is 2.29. The molecule has 3 heteroatoms. The molecule has 0 aliphatic rings.